The van der Waals surface area contributed by atoms with Crippen molar-refractivity contribution < 1.29 is 5.11 Å². The van der Waals surface area contributed by atoms with Crippen LogP contribution in [0.3, 0.4) is 0 Å². The van der Waals surface area contributed by atoms with Crippen molar-refractivity contribution in [1.29, 1.82) is 0 Å². The monoisotopic (exact) mass is 396 g/mol. The molecule has 0 aliphatic rings. The average Bonchev–Trinajstić information content (AvgIpc) is 3.10. The maximum absolute atomic E-state index is 12.4. The van der Waals surface area contributed by atoms with Gasteiger partial charge in [-0.25, -0.2) is 4.79 Å². The third-order valence-electron chi connectivity index (χ3n) is 5.25. The lowest BCUT2D eigenvalue weighted by Gasteiger charge is -2.14. The van der Waals surface area contributed by atoms with Gasteiger partial charge in [0.1, 0.15) is 5.56 Å². The lowest BCUT2D eigenvalue weighted by atomic mass is 10.0. The van der Waals surface area contributed by atoms with Crippen LogP contribution in [0, 0.1) is 0 Å². The Morgan fingerprint density at radius 3 is 2.72 bits per heavy atom. The van der Waals surface area contributed by atoms with E-state index in [4.69, 9.17) is 4.99 Å². The molecule has 0 radical (unpaired) electrons. The van der Waals surface area contributed by atoms with Crippen LogP contribution in [0.25, 0.3) is 10.9 Å². The summed E-state index contributed by atoms with van der Waals surface area (Å²) in [6.45, 7) is 6.10. The molecule has 0 amide bonds. The number of fused-ring (bicyclic) bond motifs is 1. The fourth-order valence-electron chi connectivity index (χ4n) is 3.58. The highest BCUT2D eigenvalue weighted by atomic mass is 16.3. The predicted molar refractivity (Wildman–Crippen MR) is 116 cm³/mol. The van der Waals surface area contributed by atoms with Crippen LogP contribution < -0.4 is 11.2 Å². The number of hydrogen-bond donors (Lipinski definition) is 3. The normalized spacial score (nSPS) is 13.1. The van der Waals surface area contributed by atoms with Gasteiger partial charge in [0.25, 0.3) is 5.56 Å². The van der Waals surface area contributed by atoms with Gasteiger partial charge in [0, 0.05) is 23.6 Å². The Morgan fingerprint density at radius 1 is 1.24 bits per heavy atom. The van der Waals surface area contributed by atoms with E-state index in [-0.39, 0.29) is 17.5 Å². The number of para-hydroxylation sites is 1. The Bertz CT molecular complexity index is 1140. The minimum Gasteiger partial charge on any atom is -0.494 e. The second-order valence-corrected chi connectivity index (χ2v) is 7.30. The van der Waals surface area contributed by atoms with Gasteiger partial charge in [-0.2, -0.15) is 0 Å². The molecular formula is C22H28N4O3. The van der Waals surface area contributed by atoms with Gasteiger partial charge in [0.05, 0.1) is 11.8 Å². The quantitative estimate of drug-likeness (QED) is 0.509. The molecule has 2 heterocycles. The molecule has 7 heteroatoms. The van der Waals surface area contributed by atoms with Gasteiger partial charge in [-0.05, 0) is 37.8 Å². The van der Waals surface area contributed by atoms with Crippen LogP contribution in [0.1, 0.15) is 51.2 Å². The Kier molecular flexibility index (Phi) is 6.36. The first-order chi connectivity index (χ1) is 14.0. The van der Waals surface area contributed by atoms with Crippen LogP contribution in [0.5, 0.6) is 5.88 Å². The highest BCUT2D eigenvalue weighted by Gasteiger charge is 2.18. The predicted octanol–water partition coefficient (Wildman–Crippen LogP) is 3.35. The molecule has 0 saturated carbocycles. The number of benzene rings is 1. The minimum atomic E-state index is -0.608. The second kappa shape index (κ2) is 8.94. The maximum atomic E-state index is 12.4. The molecule has 2 aromatic heterocycles. The number of hydrogen-bond acceptors (Lipinski definition) is 4. The van der Waals surface area contributed by atoms with Crippen LogP contribution in [0.2, 0.25) is 0 Å². The zero-order valence-electron chi connectivity index (χ0n) is 17.2. The van der Waals surface area contributed by atoms with E-state index in [1.165, 1.54) is 4.57 Å². The van der Waals surface area contributed by atoms with E-state index in [0.29, 0.717) is 18.7 Å². The topological polar surface area (TPSA) is 103 Å². The average molecular weight is 396 g/mol. The Hall–Kier alpha value is -3.09. The summed E-state index contributed by atoms with van der Waals surface area (Å²) < 4.78 is 1.21. The summed E-state index contributed by atoms with van der Waals surface area (Å²) in [6.07, 6.45) is 5.09. The van der Waals surface area contributed by atoms with Crippen molar-refractivity contribution in [2.24, 2.45) is 4.99 Å². The third-order valence-corrected chi connectivity index (χ3v) is 5.25. The van der Waals surface area contributed by atoms with E-state index < -0.39 is 11.2 Å². The number of aromatic nitrogens is 3. The largest absolute Gasteiger partial charge is 0.494 e. The summed E-state index contributed by atoms with van der Waals surface area (Å²) >= 11 is 0. The number of aliphatic imine (C=N–C) groups is 1. The van der Waals surface area contributed by atoms with Gasteiger partial charge in [-0.1, -0.05) is 38.5 Å². The van der Waals surface area contributed by atoms with E-state index in [1.807, 2.05) is 38.2 Å². The SMILES string of the molecule is CCCCn1c(O)c(C(C)=NC(CC)Cc2c[nH]c3ccccc23)c(=O)[nH]c1=O. The molecule has 0 aliphatic carbocycles. The van der Waals surface area contributed by atoms with Crippen molar-refractivity contribution in [3.8, 4) is 5.88 Å². The molecule has 3 rings (SSSR count). The summed E-state index contributed by atoms with van der Waals surface area (Å²) in [5, 5.41) is 11.7. The van der Waals surface area contributed by atoms with E-state index in [2.05, 4.69) is 16.0 Å². The standard InChI is InChI=1S/C22H28N4O3/c1-4-6-11-26-21(28)19(20(27)25-22(26)29)14(3)24-16(5-2)12-15-13-23-18-10-8-7-9-17(15)18/h7-10,13,16,23,28H,4-6,11-12H2,1-3H3,(H,25,27,29). The number of aromatic hydroxyl groups is 1. The highest BCUT2D eigenvalue weighted by molar-refractivity contribution is 6.00. The molecule has 0 spiro atoms. The number of rotatable bonds is 8. The molecule has 1 atom stereocenters. The van der Waals surface area contributed by atoms with Crippen molar-refractivity contribution in [3.05, 3.63) is 62.4 Å². The van der Waals surface area contributed by atoms with Gasteiger partial charge in [0.15, 0.2) is 0 Å². The lowest BCUT2D eigenvalue weighted by molar-refractivity contribution is 0.394. The van der Waals surface area contributed by atoms with Crippen LogP contribution in [0.4, 0.5) is 0 Å². The number of nitrogens with zero attached hydrogens (tertiary/aromatic N) is 2. The third kappa shape index (κ3) is 4.34. The number of aromatic amines is 2. The molecule has 0 saturated heterocycles. The molecule has 1 unspecified atom stereocenters. The fraction of sp³-hybridized carbons (Fsp3) is 0.409. The molecule has 1 aromatic carbocycles. The van der Waals surface area contributed by atoms with Gasteiger partial charge in [0.2, 0.25) is 5.88 Å². The molecule has 29 heavy (non-hydrogen) atoms. The molecule has 0 fully saturated rings. The first-order valence-electron chi connectivity index (χ1n) is 10.1. The molecule has 3 aromatic rings. The Labute approximate surface area is 169 Å². The fourth-order valence-corrected chi connectivity index (χ4v) is 3.58. The van der Waals surface area contributed by atoms with Crippen molar-refractivity contribution in [1.82, 2.24) is 14.5 Å². The second-order valence-electron chi connectivity index (χ2n) is 7.30. The van der Waals surface area contributed by atoms with Crippen LogP contribution in [-0.2, 0) is 13.0 Å². The zero-order valence-corrected chi connectivity index (χ0v) is 17.2. The van der Waals surface area contributed by atoms with Crippen molar-refractivity contribution in [2.75, 3.05) is 0 Å². The number of nitrogens with one attached hydrogen (secondary N) is 2. The highest BCUT2D eigenvalue weighted by Crippen LogP contribution is 2.21. The van der Waals surface area contributed by atoms with Crippen molar-refractivity contribution in [2.45, 2.75) is 59.0 Å². The van der Waals surface area contributed by atoms with Crippen molar-refractivity contribution >= 4 is 16.6 Å². The maximum Gasteiger partial charge on any atom is 0.331 e. The first-order valence-corrected chi connectivity index (χ1v) is 10.1. The molecule has 154 valence electrons. The smallest absolute Gasteiger partial charge is 0.331 e. The number of H-pyrrole nitrogens is 2. The molecule has 0 aliphatic heterocycles. The molecule has 0 bridgehead atoms. The van der Waals surface area contributed by atoms with E-state index >= 15 is 0 Å². The lowest BCUT2D eigenvalue weighted by Crippen LogP contribution is -2.34. The van der Waals surface area contributed by atoms with E-state index in [1.54, 1.807) is 6.92 Å². The summed E-state index contributed by atoms with van der Waals surface area (Å²) in [4.78, 5) is 34.7. The molecule has 7 nitrogen and oxygen atoms in total. The summed E-state index contributed by atoms with van der Waals surface area (Å²) in [5.41, 5.74) is 1.54. The Balaban J connectivity index is 1.94. The van der Waals surface area contributed by atoms with Gasteiger partial charge in [-0.3, -0.25) is 19.3 Å². The van der Waals surface area contributed by atoms with Gasteiger partial charge >= 0.3 is 5.69 Å². The molecular weight excluding hydrogens is 368 g/mol. The zero-order chi connectivity index (χ0) is 21.0. The van der Waals surface area contributed by atoms with Crippen LogP contribution >= 0.6 is 0 Å². The van der Waals surface area contributed by atoms with Crippen LogP contribution in [0.15, 0.2) is 45.0 Å². The van der Waals surface area contributed by atoms with Crippen LogP contribution in [-0.4, -0.2) is 31.4 Å². The van der Waals surface area contributed by atoms with Crippen molar-refractivity contribution in [3.63, 3.8) is 0 Å². The number of unbranched alkanes of at least 4 members (excludes halogenated alkanes) is 1. The van der Waals surface area contributed by atoms with Gasteiger partial charge < -0.3 is 10.1 Å². The van der Waals surface area contributed by atoms with Gasteiger partial charge in [-0.15, -0.1) is 0 Å². The van der Waals surface area contributed by atoms with E-state index in [0.717, 1.165) is 35.7 Å². The summed E-state index contributed by atoms with van der Waals surface area (Å²) in [7, 11) is 0. The first kappa shape index (κ1) is 20.6. The molecule has 3 N–H and O–H groups in total. The minimum absolute atomic E-state index is 0.0518. The summed E-state index contributed by atoms with van der Waals surface area (Å²) in [6, 6.07) is 8.05. The summed E-state index contributed by atoms with van der Waals surface area (Å²) in [5.74, 6) is -0.310. The van der Waals surface area contributed by atoms with E-state index in [9.17, 15) is 14.7 Å². The Morgan fingerprint density at radius 2 is 2.00 bits per heavy atom.